The van der Waals surface area contributed by atoms with Crippen LogP contribution >= 0.6 is 34.8 Å². The predicted molar refractivity (Wildman–Crippen MR) is 210 cm³/mol. The molecule has 1 saturated heterocycles. The fraction of sp³-hybridized carbons (Fsp3) is 0.366. The number of aliphatic hydroxyl groups excluding tert-OH is 1. The van der Waals surface area contributed by atoms with Gasteiger partial charge in [-0.2, -0.15) is 0 Å². The average Bonchev–Trinajstić information content (AvgIpc) is 3.16. The minimum atomic E-state index is -3.09. The van der Waals surface area contributed by atoms with Crippen LogP contribution in [0, 0.1) is 0 Å². The molecular weight excluding hydrogens is 755 g/mol. The van der Waals surface area contributed by atoms with E-state index in [1.54, 1.807) is 12.1 Å². The Morgan fingerprint density at radius 3 is 1.91 bits per heavy atom. The molecule has 0 bridgehead atoms. The van der Waals surface area contributed by atoms with E-state index in [1.807, 2.05) is 73.7 Å². The van der Waals surface area contributed by atoms with Gasteiger partial charge >= 0.3 is 11.9 Å². The Labute approximate surface area is 327 Å². The summed E-state index contributed by atoms with van der Waals surface area (Å²) in [6.45, 7) is 8.84. The van der Waals surface area contributed by atoms with Crippen LogP contribution < -0.4 is 15.1 Å². The maximum atomic E-state index is 12.8. The Bertz CT molecular complexity index is 1760. The lowest BCUT2D eigenvalue weighted by molar-refractivity contribution is -0.246. The molecule has 53 heavy (non-hydrogen) atoms. The minimum Gasteiger partial charge on any atom is -0.494 e. The van der Waals surface area contributed by atoms with Gasteiger partial charge in [0.1, 0.15) is 35.8 Å². The van der Waals surface area contributed by atoms with Crippen LogP contribution in [0.4, 0.5) is 0 Å². The lowest BCUT2D eigenvalue weighted by atomic mass is 9.89. The first kappa shape index (κ1) is 40.8. The van der Waals surface area contributed by atoms with Crippen molar-refractivity contribution in [2.45, 2.75) is 69.7 Å². The number of carbonyl (C=O) groups excluding carboxylic acids is 2. The molecule has 1 aliphatic heterocycles. The first-order chi connectivity index (χ1) is 25.4. The maximum absolute atomic E-state index is 12.8. The van der Waals surface area contributed by atoms with Gasteiger partial charge in [0.05, 0.1) is 13.2 Å². The molecule has 1 fully saturated rings. The molecule has 5 rings (SSSR count). The van der Waals surface area contributed by atoms with Crippen molar-refractivity contribution >= 4 is 65.4 Å². The Morgan fingerprint density at radius 2 is 1.38 bits per heavy atom. The monoisotopic (exact) mass is 798 g/mol. The van der Waals surface area contributed by atoms with Crippen molar-refractivity contribution in [1.29, 1.82) is 0 Å². The number of ether oxygens (including phenoxy) is 4. The van der Waals surface area contributed by atoms with Gasteiger partial charge in [0.15, 0.2) is 12.2 Å². The van der Waals surface area contributed by atoms with E-state index in [0.717, 1.165) is 27.2 Å². The van der Waals surface area contributed by atoms with E-state index in [4.69, 9.17) is 58.2 Å². The molecule has 0 aliphatic carbocycles. The molecule has 12 heteroatoms. The zero-order valence-corrected chi connectivity index (χ0v) is 33.4. The maximum Gasteiger partial charge on any atom is 0.321 e. The first-order valence-corrected chi connectivity index (χ1v) is 20.9. The van der Waals surface area contributed by atoms with Crippen molar-refractivity contribution in [3.63, 3.8) is 0 Å². The third-order valence-electron chi connectivity index (χ3n) is 9.32. The molecule has 0 spiro atoms. The van der Waals surface area contributed by atoms with Gasteiger partial charge in [0.25, 0.3) is 8.32 Å². The van der Waals surface area contributed by atoms with Gasteiger partial charge in [0.2, 0.25) is 0 Å². The number of alkyl halides is 2. The molecule has 4 aromatic rings. The van der Waals surface area contributed by atoms with E-state index in [2.05, 4.69) is 45.0 Å². The van der Waals surface area contributed by atoms with Crippen LogP contribution in [0.5, 0.6) is 5.75 Å². The Kier molecular flexibility index (Phi) is 14.1. The van der Waals surface area contributed by atoms with Gasteiger partial charge in [-0.05, 0) is 63.6 Å². The number of aliphatic hydroxyl groups is 1. The molecule has 5 unspecified atom stereocenters. The molecule has 1 aliphatic rings. The van der Waals surface area contributed by atoms with E-state index < -0.39 is 62.5 Å². The van der Waals surface area contributed by atoms with Gasteiger partial charge < -0.3 is 28.5 Å². The van der Waals surface area contributed by atoms with Gasteiger partial charge in [-0.1, -0.05) is 117 Å². The Hall–Kier alpha value is -3.41. The van der Waals surface area contributed by atoms with Crippen LogP contribution in [-0.4, -0.2) is 74.8 Å². The van der Waals surface area contributed by atoms with Crippen molar-refractivity contribution in [3.8, 4) is 5.75 Å². The lowest BCUT2D eigenvalue weighted by Crippen LogP contribution is -2.68. The second-order valence-corrected chi connectivity index (χ2v) is 19.1. The van der Waals surface area contributed by atoms with Crippen molar-refractivity contribution in [1.82, 2.24) is 0 Å². The molecule has 282 valence electrons. The van der Waals surface area contributed by atoms with E-state index in [-0.39, 0.29) is 11.6 Å². The van der Waals surface area contributed by atoms with Crippen LogP contribution in [0.3, 0.4) is 0 Å². The van der Waals surface area contributed by atoms with Gasteiger partial charge in [-0.3, -0.25) is 9.59 Å². The van der Waals surface area contributed by atoms with Gasteiger partial charge in [-0.15, -0.1) is 23.2 Å². The number of esters is 2. The Balaban J connectivity index is 1.56. The molecule has 4 aromatic carbocycles. The molecule has 1 heterocycles. The number of benzene rings is 4. The number of rotatable bonds is 14. The summed E-state index contributed by atoms with van der Waals surface area (Å²) in [6, 6.07) is 33.2. The summed E-state index contributed by atoms with van der Waals surface area (Å²) >= 11 is 18.5. The van der Waals surface area contributed by atoms with Crippen LogP contribution in [-0.2, 0) is 34.6 Å². The molecular formula is C41H45Cl3O8Si. The molecule has 0 aromatic heterocycles. The fourth-order valence-electron chi connectivity index (χ4n) is 6.93. The lowest BCUT2D eigenvalue weighted by Gasteiger charge is -2.47. The van der Waals surface area contributed by atoms with Crippen LogP contribution in [0.2, 0.25) is 10.1 Å². The summed E-state index contributed by atoms with van der Waals surface area (Å²) in [4.78, 5) is 25.5. The minimum absolute atomic E-state index is 0.0807. The summed E-state index contributed by atoms with van der Waals surface area (Å²) in [6.07, 6.45) is -5.71. The fourth-order valence-corrected chi connectivity index (χ4v) is 11.8. The van der Waals surface area contributed by atoms with Crippen molar-refractivity contribution in [2.75, 3.05) is 25.0 Å². The summed E-state index contributed by atoms with van der Waals surface area (Å²) in [5, 5.41) is 14.1. The zero-order chi connectivity index (χ0) is 38.2. The molecule has 1 N–H and O–H groups in total. The third-order valence-corrected chi connectivity index (χ3v) is 15.1. The molecule has 0 amide bonds. The van der Waals surface area contributed by atoms with Crippen LogP contribution in [0.15, 0.2) is 103 Å². The Morgan fingerprint density at radius 1 is 0.811 bits per heavy atom. The molecule has 8 nitrogen and oxygen atoms in total. The SMILES string of the molecule is CCOc1ccc(Cc2cc(C3OC(CO[Si](c4ccccc4)(c4ccccc4)C(C)(C)C)C(O)C(OC(=O)CCl)C3OC(=O)CCl)ccc2Cl)cc1. The third kappa shape index (κ3) is 9.46. The van der Waals surface area contributed by atoms with E-state index in [9.17, 15) is 14.7 Å². The number of hydrogen-bond acceptors (Lipinski definition) is 8. The molecule has 0 saturated carbocycles. The average molecular weight is 800 g/mol. The first-order valence-electron chi connectivity index (χ1n) is 17.5. The topological polar surface area (TPSA) is 101 Å². The summed E-state index contributed by atoms with van der Waals surface area (Å²) in [7, 11) is -3.09. The quantitative estimate of drug-likeness (QED) is 0.0827. The van der Waals surface area contributed by atoms with Gasteiger partial charge in [0, 0.05) is 5.02 Å². The number of halogens is 3. The summed E-state index contributed by atoms with van der Waals surface area (Å²) in [5.41, 5.74) is 2.35. The second-order valence-electron chi connectivity index (χ2n) is 13.8. The highest BCUT2D eigenvalue weighted by Gasteiger charge is 2.54. The highest BCUT2D eigenvalue weighted by molar-refractivity contribution is 6.99. The largest absolute Gasteiger partial charge is 0.494 e. The molecule has 0 radical (unpaired) electrons. The van der Waals surface area contributed by atoms with E-state index in [0.29, 0.717) is 23.6 Å². The van der Waals surface area contributed by atoms with Crippen molar-refractivity contribution < 1.29 is 38.1 Å². The van der Waals surface area contributed by atoms with Crippen LogP contribution in [0.1, 0.15) is 50.5 Å². The van der Waals surface area contributed by atoms with E-state index in [1.165, 1.54) is 0 Å². The zero-order valence-electron chi connectivity index (χ0n) is 30.2. The predicted octanol–water partition coefficient (Wildman–Crippen LogP) is 7.01. The molecule has 5 atom stereocenters. The number of carbonyl (C=O) groups is 2. The van der Waals surface area contributed by atoms with Crippen molar-refractivity contribution in [3.05, 3.63) is 125 Å². The number of hydrogen-bond donors (Lipinski definition) is 1. The highest BCUT2D eigenvalue weighted by atomic mass is 35.5. The normalized spacial score (nSPS) is 20.4. The van der Waals surface area contributed by atoms with Crippen molar-refractivity contribution in [2.24, 2.45) is 0 Å². The smallest absolute Gasteiger partial charge is 0.321 e. The standard InChI is InChI=1S/C41H45Cl3O8Si/c1-5-48-30-19-16-27(17-20-30)22-29-23-28(18-21-33(29)44)38-40(52-36(46)25-43)39(51-35(45)24-42)37(47)34(50-38)26-49-53(41(2,3)4,31-12-8-6-9-13-31)32-14-10-7-11-15-32/h6-21,23,34,37-40,47H,5,22,24-26H2,1-4H3. The second kappa shape index (κ2) is 18.3. The van der Waals surface area contributed by atoms with Gasteiger partial charge in [-0.25, -0.2) is 0 Å². The summed E-state index contributed by atoms with van der Waals surface area (Å²) < 4.78 is 31.0. The van der Waals surface area contributed by atoms with Crippen LogP contribution in [0.25, 0.3) is 0 Å². The van der Waals surface area contributed by atoms with E-state index >= 15 is 0 Å². The summed E-state index contributed by atoms with van der Waals surface area (Å²) in [5.74, 6) is -1.78. The highest BCUT2D eigenvalue weighted by Crippen LogP contribution is 2.40.